The Labute approximate surface area is 128 Å². The predicted octanol–water partition coefficient (Wildman–Crippen LogP) is 1.38. The van der Waals surface area contributed by atoms with Crippen molar-refractivity contribution in [2.75, 3.05) is 53.3 Å². The Morgan fingerprint density at radius 3 is 2.24 bits per heavy atom. The van der Waals surface area contributed by atoms with E-state index < -0.39 is 5.54 Å². The van der Waals surface area contributed by atoms with Crippen LogP contribution in [0.1, 0.15) is 33.6 Å². The first-order chi connectivity index (χ1) is 10.1. The van der Waals surface area contributed by atoms with Gasteiger partial charge >= 0.3 is 5.97 Å². The first-order valence-corrected chi connectivity index (χ1v) is 7.67. The lowest BCUT2D eigenvalue weighted by Crippen LogP contribution is -2.51. The maximum absolute atomic E-state index is 12.0. The predicted molar refractivity (Wildman–Crippen MR) is 81.5 cm³/mol. The second kappa shape index (κ2) is 13.0. The highest BCUT2D eigenvalue weighted by Crippen LogP contribution is 2.12. The van der Waals surface area contributed by atoms with Gasteiger partial charge in [0.1, 0.15) is 5.54 Å². The van der Waals surface area contributed by atoms with E-state index in [-0.39, 0.29) is 5.97 Å². The van der Waals surface area contributed by atoms with Gasteiger partial charge in [0.05, 0.1) is 33.0 Å². The van der Waals surface area contributed by atoms with Gasteiger partial charge in [-0.1, -0.05) is 6.92 Å². The molecule has 0 bridgehead atoms. The monoisotopic (exact) mass is 305 g/mol. The van der Waals surface area contributed by atoms with E-state index >= 15 is 0 Å². The van der Waals surface area contributed by atoms with Gasteiger partial charge in [0.15, 0.2) is 0 Å². The van der Waals surface area contributed by atoms with Gasteiger partial charge in [-0.25, -0.2) is 0 Å². The topological polar surface area (TPSA) is 66.0 Å². The van der Waals surface area contributed by atoms with Crippen LogP contribution in [0, 0.1) is 0 Å². The van der Waals surface area contributed by atoms with Gasteiger partial charge < -0.3 is 24.3 Å². The Morgan fingerprint density at radius 2 is 1.67 bits per heavy atom. The molecule has 1 unspecified atom stereocenters. The van der Waals surface area contributed by atoms with E-state index in [1.807, 2.05) is 13.8 Å². The molecule has 0 aromatic carbocycles. The highest BCUT2D eigenvalue weighted by Gasteiger charge is 2.33. The molecule has 0 aromatic heterocycles. The molecule has 6 nitrogen and oxygen atoms in total. The summed E-state index contributed by atoms with van der Waals surface area (Å²) in [6.07, 6.45) is 1.53. The zero-order chi connectivity index (χ0) is 16.0. The molecule has 0 spiro atoms. The van der Waals surface area contributed by atoms with Crippen LogP contribution in [0.3, 0.4) is 0 Å². The Hall–Kier alpha value is -0.690. The molecule has 0 fully saturated rings. The van der Waals surface area contributed by atoms with E-state index in [1.54, 1.807) is 7.11 Å². The van der Waals surface area contributed by atoms with Crippen molar-refractivity contribution in [2.24, 2.45) is 0 Å². The van der Waals surface area contributed by atoms with Crippen LogP contribution in [0.4, 0.5) is 0 Å². The lowest BCUT2D eigenvalue weighted by molar-refractivity contribution is -0.151. The minimum absolute atomic E-state index is 0.224. The van der Waals surface area contributed by atoms with E-state index in [1.165, 1.54) is 0 Å². The fourth-order valence-corrected chi connectivity index (χ4v) is 1.69. The number of esters is 1. The molecule has 126 valence electrons. The van der Waals surface area contributed by atoms with Crippen LogP contribution >= 0.6 is 0 Å². The molecule has 0 heterocycles. The minimum Gasteiger partial charge on any atom is -0.465 e. The fourth-order valence-electron chi connectivity index (χ4n) is 1.69. The second-order valence-electron chi connectivity index (χ2n) is 4.95. The third-order valence-corrected chi connectivity index (χ3v) is 3.04. The summed E-state index contributed by atoms with van der Waals surface area (Å²) in [5, 5.41) is 3.25. The van der Waals surface area contributed by atoms with Crippen molar-refractivity contribution < 1.29 is 23.7 Å². The van der Waals surface area contributed by atoms with Crippen LogP contribution < -0.4 is 5.32 Å². The zero-order valence-corrected chi connectivity index (χ0v) is 13.9. The summed E-state index contributed by atoms with van der Waals surface area (Å²) in [7, 11) is 1.64. The Balaban J connectivity index is 3.93. The third kappa shape index (κ3) is 9.79. The summed E-state index contributed by atoms with van der Waals surface area (Å²) < 4.78 is 20.8. The summed E-state index contributed by atoms with van der Waals surface area (Å²) >= 11 is 0. The molecule has 0 aliphatic rings. The molecule has 0 aliphatic carbocycles. The van der Waals surface area contributed by atoms with Crippen molar-refractivity contribution in [1.29, 1.82) is 0 Å². The number of hydrogen-bond donors (Lipinski definition) is 1. The Kier molecular flexibility index (Phi) is 12.6. The molecule has 0 saturated heterocycles. The molecular formula is C15H31NO5. The van der Waals surface area contributed by atoms with Crippen LogP contribution in [-0.2, 0) is 23.7 Å². The molecule has 0 amide bonds. The lowest BCUT2D eigenvalue weighted by Gasteiger charge is -2.28. The van der Waals surface area contributed by atoms with Gasteiger partial charge in [-0.2, -0.15) is 0 Å². The molecule has 1 N–H and O–H groups in total. The van der Waals surface area contributed by atoms with Gasteiger partial charge in [0.2, 0.25) is 0 Å². The van der Waals surface area contributed by atoms with Crippen LogP contribution in [0.2, 0.25) is 0 Å². The van der Waals surface area contributed by atoms with Crippen molar-refractivity contribution in [3.63, 3.8) is 0 Å². The number of nitrogens with one attached hydrogen (secondary N) is 1. The molecule has 0 aromatic rings. The smallest absolute Gasteiger partial charge is 0.326 e. The van der Waals surface area contributed by atoms with Crippen LogP contribution in [0.15, 0.2) is 0 Å². The maximum atomic E-state index is 12.0. The van der Waals surface area contributed by atoms with E-state index in [2.05, 4.69) is 12.2 Å². The maximum Gasteiger partial charge on any atom is 0.326 e. The number of carbonyl (C=O) groups excluding carboxylic acids is 1. The third-order valence-electron chi connectivity index (χ3n) is 3.04. The van der Waals surface area contributed by atoms with Gasteiger partial charge in [0.25, 0.3) is 0 Å². The fraction of sp³-hybridized carbons (Fsp3) is 0.933. The van der Waals surface area contributed by atoms with Crippen molar-refractivity contribution in [3.8, 4) is 0 Å². The van der Waals surface area contributed by atoms with Gasteiger partial charge in [-0.15, -0.1) is 0 Å². The summed E-state index contributed by atoms with van der Waals surface area (Å²) in [5.74, 6) is -0.224. The van der Waals surface area contributed by atoms with Crippen LogP contribution in [0.25, 0.3) is 0 Å². The van der Waals surface area contributed by atoms with Crippen molar-refractivity contribution in [1.82, 2.24) is 5.32 Å². The van der Waals surface area contributed by atoms with E-state index in [0.717, 1.165) is 13.0 Å². The average molecular weight is 305 g/mol. The zero-order valence-electron chi connectivity index (χ0n) is 13.9. The first kappa shape index (κ1) is 20.3. The quantitative estimate of drug-likeness (QED) is 0.386. The summed E-state index contributed by atoms with van der Waals surface area (Å²) in [6.45, 7) is 9.57. The second-order valence-corrected chi connectivity index (χ2v) is 4.95. The lowest BCUT2D eigenvalue weighted by atomic mass is 9.98. The number of carbonyl (C=O) groups is 1. The largest absolute Gasteiger partial charge is 0.465 e. The van der Waals surface area contributed by atoms with Crippen molar-refractivity contribution in [2.45, 2.75) is 39.2 Å². The summed E-state index contributed by atoms with van der Waals surface area (Å²) in [6, 6.07) is 0. The molecule has 0 aliphatic heterocycles. The number of methoxy groups -OCH3 is 1. The number of ether oxygens (including phenoxy) is 4. The highest BCUT2D eigenvalue weighted by atomic mass is 16.5. The Bertz CT molecular complexity index is 262. The molecule has 21 heavy (non-hydrogen) atoms. The summed E-state index contributed by atoms with van der Waals surface area (Å²) in [4.78, 5) is 12.0. The number of hydrogen-bond acceptors (Lipinski definition) is 6. The molecule has 0 saturated carbocycles. The number of rotatable bonds is 14. The van der Waals surface area contributed by atoms with E-state index in [0.29, 0.717) is 46.1 Å². The molecular weight excluding hydrogens is 274 g/mol. The van der Waals surface area contributed by atoms with Crippen LogP contribution in [-0.4, -0.2) is 64.8 Å². The minimum atomic E-state index is -0.692. The van der Waals surface area contributed by atoms with Crippen molar-refractivity contribution in [3.05, 3.63) is 0 Å². The normalized spacial score (nSPS) is 13.9. The van der Waals surface area contributed by atoms with Gasteiger partial charge in [-0.05, 0) is 33.2 Å². The SMILES string of the molecule is CCCNC(C)(CCOCCOCCOC)C(=O)OCC. The van der Waals surface area contributed by atoms with E-state index in [4.69, 9.17) is 18.9 Å². The Morgan fingerprint density at radius 1 is 1.05 bits per heavy atom. The molecule has 6 heteroatoms. The first-order valence-electron chi connectivity index (χ1n) is 7.67. The standard InChI is InChI=1S/C15H31NO5/c1-5-8-16-15(3,14(17)21-6-2)7-9-19-12-13-20-11-10-18-4/h16H,5-13H2,1-4H3. The van der Waals surface area contributed by atoms with Crippen LogP contribution in [0.5, 0.6) is 0 Å². The van der Waals surface area contributed by atoms with Gasteiger partial charge in [-0.3, -0.25) is 4.79 Å². The van der Waals surface area contributed by atoms with E-state index in [9.17, 15) is 4.79 Å². The average Bonchev–Trinajstić information content (AvgIpc) is 2.48. The molecule has 0 radical (unpaired) electrons. The summed E-state index contributed by atoms with van der Waals surface area (Å²) in [5.41, 5.74) is -0.692. The molecule has 0 rings (SSSR count). The highest BCUT2D eigenvalue weighted by molar-refractivity contribution is 5.80. The van der Waals surface area contributed by atoms with Gasteiger partial charge in [0, 0.05) is 13.7 Å². The molecule has 1 atom stereocenters. The van der Waals surface area contributed by atoms with Crippen molar-refractivity contribution >= 4 is 5.97 Å².